The number of aryl methyl sites for hydroxylation is 1. The Hall–Kier alpha value is -2.10. The standard InChI is InChI=1S/C18H21O5P/c1-5-23-24(20,14-9-7-6-8-10-14)18(19)17-15(21-3)11-13(2)12-16(17)22-4/h6-12H,5H2,1-4H3. The first-order valence-electron chi connectivity index (χ1n) is 7.55. The molecule has 2 aromatic carbocycles. The van der Waals surface area contributed by atoms with Gasteiger partial charge in [-0.2, -0.15) is 0 Å². The van der Waals surface area contributed by atoms with Crippen molar-refractivity contribution in [2.45, 2.75) is 13.8 Å². The molecule has 0 aliphatic rings. The van der Waals surface area contributed by atoms with Crippen LogP contribution in [0, 0.1) is 6.92 Å². The van der Waals surface area contributed by atoms with Gasteiger partial charge in [0.2, 0.25) is 0 Å². The number of hydrogen-bond acceptors (Lipinski definition) is 5. The van der Waals surface area contributed by atoms with E-state index in [1.807, 2.05) is 6.92 Å². The summed E-state index contributed by atoms with van der Waals surface area (Å²) in [4.78, 5) is 13.2. The Labute approximate surface area is 142 Å². The zero-order chi connectivity index (χ0) is 17.7. The van der Waals surface area contributed by atoms with Gasteiger partial charge in [-0.3, -0.25) is 9.36 Å². The Balaban J connectivity index is 2.66. The first-order valence-corrected chi connectivity index (χ1v) is 9.18. The van der Waals surface area contributed by atoms with Crippen LogP contribution in [0.3, 0.4) is 0 Å². The summed E-state index contributed by atoms with van der Waals surface area (Å²) in [6.45, 7) is 3.71. The van der Waals surface area contributed by atoms with Crippen LogP contribution in [0.2, 0.25) is 0 Å². The minimum Gasteiger partial charge on any atom is -0.496 e. The number of carbonyl (C=O) groups is 1. The molecule has 2 aromatic rings. The Kier molecular flexibility index (Phi) is 5.81. The molecule has 6 heteroatoms. The van der Waals surface area contributed by atoms with E-state index in [0.717, 1.165) is 5.56 Å². The van der Waals surface area contributed by atoms with E-state index in [0.29, 0.717) is 16.8 Å². The average molecular weight is 348 g/mol. The van der Waals surface area contributed by atoms with Gasteiger partial charge >= 0.3 is 7.37 Å². The summed E-state index contributed by atoms with van der Waals surface area (Å²) in [5, 5.41) is 0.349. The van der Waals surface area contributed by atoms with E-state index in [2.05, 4.69) is 0 Å². The van der Waals surface area contributed by atoms with Crippen LogP contribution in [0.15, 0.2) is 42.5 Å². The van der Waals surface area contributed by atoms with Crippen molar-refractivity contribution in [3.63, 3.8) is 0 Å². The highest BCUT2D eigenvalue weighted by Gasteiger charge is 2.39. The monoisotopic (exact) mass is 348 g/mol. The molecule has 0 aliphatic heterocycles. The highest BCUT2D eigenvalue weighted by Crippen LogP contribution is 2.52. The van der Waals surface area contributed by atoms with Gasteiger partial charge in [-0.15, -0.1) is 0 Å². The molecule has 0 radical (unpaired) electrons. The number of carbonyl (C=O) groups excluding carboxylic acids is 1. The van der Waals surface area contributed by atoms with Crippen molar-refractivity contribution < 1.29 is 23.4 Å². The molecule has 1 atom stereocenters. The molecule has 0 aromatic heterocycles. The lowest BCUT2D eigenvalue weighted by atomic mass is 10.1. The van der Waals surface area contributed by atoms with Crippen LogP contribution in [-0.2, 0) is 9.09 Å². The number of hydrogen-bond donors (Lipinski definition) is 0. The molecule has 2 rings (SSSR count). The van der Waals surface area contributed by atoms with E-state index in [9.17, 15) is 9.36 Å². The lowest BCUT2D eigenvalue weighted by molar-refractivity contribution is 0.105. The third-order valence-corrected chi connectivity index (χ3v) is 5.90. The van der Waals surface area contributed by atoms with Crippen molar-refractivity contribution in [2.24, 2.45) is 0 Å². The fraction of sp³-hybridized carbons (Fsp3) is 0.278. The lowest BCUT2D eigenvalue weighted by Gasteiger charge is -2.20. The van der Waals surface area contributed by atoms with Crippen LogP contribution in [-0.4, -0.2) is 26.4 Å². The molecule has 0 fully saturated rings. The zero-order valence-electron chi connectivity index (χ0n) is 14.2. The maximum atomic E-state index is 13.5. The van der Waals surface area contributed by atoms with Crippen molar-refractivity contribution in [3.8, 4) is 11.5 Å². The fourth-order valence-corrected chi connectivity index (χ4v) is 4.40. The van der Waals surface area contributed by atoms with Crippen LogP contribution in [0.1, 0.15) is 22.8 Å². The van der Waals surface area contributed by atoms with Gasteiger partial charge in [0, 0.05) is 5.30 Å². The van der Waals surface area contributed by atoms with E-state index >= 15 is 0 Å². The summed E-state index contributed by atoms with van der Waals surface area (Å²) >= 11 is 0. The van der Waals surface area contributed by atoms with Gasteiger partial charge in [0.25, 0.3) is 5.52 Å². The zero-order valence-corrected chi connectivity index (χ0v) is 15.1. The van der Waals surface area contributed by atoms with Gasteiger partial charge in [-0.25, -0.2) is 0 Å². The predicted molar refractivity (Wildman–Crippen MR) is 93.9 cm³/mol. The topological polar surface area (TPSA) is 61.8 Å². The molecule has 0 spiro atoms. The molecule has 0 amide bonds. The van der Waals surface area contributed by atoms with Gasteiger partial charge in [0.05, 0.1) is 20.8 Å². The molecule has 0 saturated heterocycles. The highest BCUT2D eigenvalue weighted by atomic mass is 31.2. The van der Waals surface area contributed by atoms with Gasteiger partial charge in [0.15, 0.2) is 0 Å². The SMILES string of the molecule is CCOP(=O)(C(=O)c1c(OC)cc(C)cc1OC)c1ccccc1. The second-order valence-corrected chi connectivity index (χ2v) is 7.44. The second-order valence-electron chi connectivity index (χ2n) is 5.15. The minimum absolute atomic E-state index is 0.131. The van der Waals surface area contributed by atoms with Gasteiger partial charge < -0.3 is 14.0 Å². The Morgan fingerprint density at radius 1 is 1.04 bits per heavy atom. The smallest absolute Gasteiger partial charge is 0.301 e. The lowest BCUT2D eigenvalue weighted by Crippen LogP contribution is -2.17. The number of ether oxygens (including phenoxy) is 2. The number of rotatable bonds is 7. The molecule has 0 heterocycles. The molecule has 5 nitrogen and oxygen atoms in total. The quantitative estimate of drug-likeness (QED) is 0.713. The fourth-order valence-electron chi connectivity index (χ4n) is 2.46. The van der Waals surface area contributed by atoms with Crippen molar-refractivity contribution >= 4 is 18.2 Å². The van der Waals surface area contributed by atoms with E-state index in [-0.39, 0.29) is 12.2 Å². The summed E-state index contributed by atoms with van der Waals surface area (Å²) in [7, 11) is -0.864. The third kappa shape index (κ3) is 3.37. The summed E-state index contributed by atoms with van der Waals surface area (Å²) < 4.78 is 29.6. The molecule has 1 unspecified atom stereocenters. The summed E-state index contributed by atoms with van der Waals surface area (Å²) in [6, 6.07) is 11.9. The van der Waals surface area contributed by atoms with Gasteiger partial charge in [-0.05, 0) is 43.7 Å². The maximum Gasteiger partial charge on any atom is 0.301 e. The van der Waals surface area contributed by atoms with Gasteiger partial charge in [0.1, 0.15) is 17.1 Å². The van der Waals surface area contributed by atoms with E-state index in [1.54, 1.807) is 49.4 Å². The molecule has 128 valence electrons. The molecule has 24 heavy (non-hydrogen) atoms. The molecule has 0 N–H and O–H groups in total. The van der Waals surface area contributed by atoms with E-state index in [1.165, 1.54) is 14.2 Å². The van der Waals surface area contributed by atoms with Crippen LogP contribution in [0.5, 0.6) is 11.5 Å². The third-order valence-electron chi connectivity index (χ3n) is 3.54. The van der Waals surface area contributed by atoms with Crippen molar-refractivity contribution in [2.75, 3.05) is 20.8 Å². The van der Waals surface area contributed by atoms with Crippen LogP contribution < -0.4 is 14.8 Å². The molecular weight excluding hydrogens is 327 g/mol. The average Bonchev–Trinajstić information content (AvgIpc) is 2.61. The van der Waals surface area contributed by atoms with Crippen LogP contribution in [0.4, 0.5) is 0 Å². The summed E-state index contributed by atoms with van der Waals surface area (Å²) in [5.41, 5.74) is 0.363. The Morgan fingerprint density at radius 3 is 2.04 bits per heavy atom. The molecular formula is C18H21O5P. The van der Waals surface area contributed by atoms with Gasteiger partial charge in [-0.1, -0.05) is 18.2 Å². The summed E-state index contributed by atoms with van der Waals surface area (Å²) in [6.07, 6.45) is 0. The summed E-state index contributed by atoms with van der Waals surface area (Å²) in [5.74, 6) is 0.625. The molecule has 0 saturated carbocycles. The van der Waals surface area contributed by atoms with Crippen molar-refractivity contribution in [1.29, 1.82) is 0 Å². The van der Waals surface area contributed by atoms with Crippen molar-refractivity contribution in [1.82, 2.24) is 0 Å². The number of methoxy groups -OCH3 is 2. The molecule has 0 aliphatic carbocycles. The van der Waals surface area contributed by atoms with Crippen LogP contribution in [0.25, 0.3) is 0 Å². The van der Waals surface area contributed by atoms with Crippen LogP contribution >= 0.6 is 7.37 Å². The minimum atomic E-state index is -3.78. The predicted octanol–water partition coefficient (Wildman–Crippen LogP) is 3.79. The number of benzene rings is 2. The molecule has 0 bridgehead atoms. The second kappa shape index (κ2) is 7.65. The van der Waals surface area contributed by atoms with Crippen molar-refractivity contribution in [3.05, 3.63) is 53.6 Å². The Morgan fingerprint density at radius 2 is 1.58 bits per heavy atom. The maximum absolute atomic E-state index is 13.5. The highest BCUT2D eigenvalue weighted by molar-refractivity contribution is 7.83. The van der Waals surface area contributed by atoms with E-state index in [4.69, 9.17) is 14.0 Å². The Bertz CT molecular complexity index is 745. The first kappa shape index (κ1) is 18.2. The van der Waals surface area contributed by atoms with E-state index < -0.39 is 12.9 Å². The normalized spacial score (nSPS) is 13.2. The first-order chi connectivity index (χ1) is 11.5. The largest absolute Gasteiger partial charge is 0.496 e.